The van der Waals surface area contributed by atoms with E-state index in [0.29, 0.717) is 6.42 Å². The van der Waals surface area contributed by atoms with Crippen LogP contribution in [0.1, 0.15) is 31.7 Å². The first-order chi connectivity index (χ1) is 13.7. The highest BCUT2D eigenvalue weighted by atomic mass is 16.2. The molecule has 0 unspecified atom stereocenters. The summed E-state index contributed by atoms with van der Waals surface area (Å²) in [6, 6.07) is 14.6. The number of carbonyl (C=O) groups excluding carboxylic acids is 1. The van der Waals surface area contributed by atoms with Gasteiger partial charge in [-0.3, -0.25) is 19.6 Å². The highest BCUT2D eigenvalue weighted by molar-refractivity contribution is 5.93. The van der Waals surface area contributed by atoms with Crippen molar-refractivity contribution < 1.29 is 4.79 Å². The third-order valence-electron chi connectivity index (χ3n) is 6.15. The maximum atomic E-state index is 12.6. The molecule has 0 bridgehead atoms. The Hall–Kier alpha value is -2.24. The van der Waals surface area contributed by atoms with Crippen LogP contribution >= 0.6 is 0 Å². The predicted octanol–water partition coefficient (Wildman–Crippen LogP) is 3.18. The molecule has 1 aromatic carbocycles. The molecule has 28 heavy (non-hydrogen) atoms. The van der Waals surface area contributed by atoms with Crippen molar-refractivity contribution in [2.45, 2.75) is 38.3 Å². The number of carbonyl (C=O) groups is 1. The van der Waals surface area contributed by atoms with Crippen molar-refractivity contribution in [2.24, 2.45) is 0 Å². The van der Waals surface area contributed by atoms with Gasteiger partial charge in [0.15, 0.2) is 0 Å². The zero-order chi connectivity index (χ0) is 19.4. The Morgan fingerprint density at radius 3 is 2.32 bits per heavy atom. The fraction of sp³-hybridized carbons (Fsp3) is 0.478. The average molecular weight is 379 g/mol. The Kier molecular flexibility index (Phi) is 5.74. The van der Waals surface area contributed by atoms with Crippen LogP contribution in [-0.4, -0.2) is 59.0 Å². The van der Waals surface area contributed by atoms with E-state index in [2.05, 4.69) is 45.1 Å². The van der Waals surface area contributed by atoms with Crippen LogP contribution in [-0.2, 0) is 11.3 Å². The van der Waals surface area contributed by atoms with Gasteiger partial charge in [0.1, 0.15) is 0 Å². The third-order valence-corrected chi connectivity index (χ3v) is 6.15. The first kappa shape index (κ1) is 19.1. The van der Waals surface area contributed by atoms with Crippen molar-refractivity contribution in [3.05, 3.63) is 60.4 Å². The molecule has 1 saturated carbocycles. The molecule has 5 nitrogen and oxygen atoms in total. The number of nitrogens with zero attached hydrogens (tertiary/aromatic N) is 4. The van der Waals surface area contributed by atoms with E-state index in [9.17, 15) is 4.79 Å². The monoisotopic (exact) mass is 378 g/mol. The van der Waals surface area contributed by atoms with Crippen LogP contribution in [0.15, 0.2) is 54.9 Å². The first-order valence-electron chi connectivity index (χ1n) is 10.4. The minimum atomic E-state index is 0.160. The Balaban J connectivity index is 1.38. The summed E-state index contributed by atoms with van der Waals surface area (Å²) in [5, 5.41) is 0. The maximum absolute atomic E-state index is 12.6. The van der Waals surface area contributed by atoms with Crippen LogP contribution < -0.4 is 4.90 Å². The molecule has 2 aromatic rings. The van der Waals surface area contributed by atoms with E-state index in [1.807, 2.05) is 24.0 Å². The van der Waals surface area contributed by atoms with E-state index in [1.165, 1.54) is 18.4 Å². The number of benzene rings is 1. The van der Waals surface area contributed by atoms with Gasteiger partial charge in [-0.25, -0.2) is 0 Å². The molecule has 1 aliphatic carbocycles. The molecule has 148 valence electrons. The van der Waals surface area contributed by atoms with Gasteiger partial charge in [-0.15, -0.1) is 0 Å². The Morgan fingerprint density at radius 1 is 1.04 bits per heavy atom. The lowest BCUT2D eigenvalue weighted by Crippen LogP contribution is -2.55. The topological polar surface area (TPSA) is 39.7 Å². The van der Waals surface area contributed by atoms with Crippen molar-refractivity contribution in [3.8, 4) is 0 Å². The number of hydrogen-bond acceptors (Lipinski definition) is 4. The van der Waals surface area contributed by atoms with Crippen LogP contribution in [0.2, 0.25) is 0 Å². The molecular weight excluding hydrogens is 348 g/mol. The van der Waals surface area contributed by atoms with Crippen molar-refractivity contribution in [3.63, 3.8) is 0 Å². The SMILES string of the molecule is CCC(=O)N(CC1(N2CCN(Cc3ccccc3)CC2)CC1)c1ccncc1. The van der Waals surface area contributed by atoms with Gasteiger partial charge in [-0.05, 0) is 30.5 Å². The van der Waals surface area contributed by atoms with Crippen molar-refractivity contribution >= 4 is 11.6 Å². The van der Waals surface area contributed by atoms with Crippen molar-refractivity contribution in [1.29, 1.82) is 0 Å². The number of anilines is 1. The Morgan fingerprint density at radius 2 is 1.71 bits per heavy atom. The van der Waals surface area contributed by atoms with Crippen LogP contribution in [0.4, 0.5) is 5.69 Å². The van der Waals surface area contributed by atoms with Gasteiger partial charge in [-0.1, -0.05) is 37.3 Å². The van der Waals surface area contributed by atoms with E-state index in [0.717, 1.165) is 45.0 Å². The van der Waals surface area contributed by atoms with E-state index in [1.54, 1.807) is 12.4 Å². The molecule has 1 saturated heterocycles. The summed E-state index contributed by atoms with van der Waals surface area (Å²) in [5.74, 6) is 0.195. The fourth-order valence-corrected chi connectivity index (χ4v) is 4.27. The molecule has 2 aliphatic rings. The second-order valence-electron chi connectivity index (χ2n) is 8.01. The summed E-state index contributed by atoms with van der Waals surface area (Å²) < 4.78 is 0. The summed E-state index contributed by atoms with van der Waals surface area (Å²) in [5.41, 5.74) is 2.51. The molecule has 1 amide bonds. The lowest BCUT2D eigenvalue weighted by molar-refractivity contribution is -0.118. The molecule has 0 atom stereocenters. The molecule has 5 heteroatoms. The second-order valence-corrected chi connectivity index (χ2v) is 8.01. The smallest absolute Gasteiger partial charge is 0.226 e. The lowest BCUT2D eigenvalue weighted by Gasteiger charge is -2.41. The minimum Gasteiger partial charge on any atom is -0.310 e. The highest BCUT2D eigenvalue weighted by Crippen LogP contribution is 2.43. The number of piperazine rings is 1. The van der Waals surface area contributed by atoms with Gasteiger partial charge in [0, 0.05) is 69.3 Å². The van der Waals surface area contributed by atoms with Gasteiger partial charge in [0.2, 0.25) is 5.91 Å². The number of pyridine rings is 1. The highest BCUT2D eigenvalue weighted by Gasteiger charge is 2.50. The van der Waals surface area contributed by atoms with Crippen LogP contribution in [0.5, 0.6) is 0 Å². The van der Waals surface area contributed by atoms with Crippen molar-refractivity contribution in [1.82, 2.24) is 14.8 Å². The Labute approximate surface area is 168 Å². The molecule has 4 rings (SSSR count). The van der Waals surface area contributed by atoms with E-state index in [-0.39, 0.29) is 11.4 Å². The summed E-state index contributed by atoms with van der Waals surface area (Å²) in [4.78, 5) is 23.9. The third kappa shape index (κ3) is 4.26. The van der Waals surface area contributed by atoms with Gasteiger partial charge in [-0.2, -0.15) is 0 Å². The number of hydrogen-bond donors (Lipinski definition) is 0. The molecule has 1 aliphatic heterocycles. The van der Waals surface area contributed by atoms with E-state index < -0.39 is 0 Å². The quantitative estimate of drug-likeness (QED) is 0.742. The van der Waals surface area contributed by atoms with Gasteiger partial charge >= 0.3 is 0 Å². The number of amides is 1. The second kappa shape index (κ2) is 8.41. The van der Waals surface area contributed by atoms with Crippen LogP contribution in [0.25, 0.3) is 0 Å². The summed E-state index contributed by atoms with van der Waals surface area (Å²) >= 11 is 0. The van der Waals surface area contributed by atoms with Gasteiger partial charge in [0.25, 0.3) is 0 Å². The first-order valence-corrected chi connectivity index (χ1v) is 10.4. The molecule has 2 heterocycles. The van der Waals surface area contributed by atoms with Crippen LogP contribution in [0.3, 0.4) is 0 Å². The number of rotatable bonds is 7. The van der Waals surface area contributed by atoms with Crippen LogP contribution in [0, 0.1) is 0 Å². The average Bonchev–Trinajstić information content (AvgIpc) is 3.54. The molecule has 0 N–H and O–H groups in total. The predicted molar refractivity (Wildman–Crippen MR) is 112 cm³/mol. The molecule has 0 radical (unpaired) electrons. The van der Waals surface area contributed by atoms with E-state index in [4.69, 9.17) is 0 Å². The summed E-state index contributed by atoms with van der Waals surface area (Å²) in [6.45, 7) is 8.11. The van der Waals surface area contributed by atoms with Crippen molar-refractivity contribution in [2.75, 3.05) is 37.6 Å². The van der Waals surface area contributed by atoms with Gasteiger partial charge < -0.3 is 4.90 Å². The maximum Gasteiger partial charge on any atom is 0.226 e. The minimum absolute atomic E-state index is 0.160. The normalized spacial score (nSPS) is 19.3. The van der Waals surface area contributed by atoms with Gasteiger partial charge in [0.05, 0.1) is 0 Å². The zero-order valence-corrected chi connectivity index (χ0v) is 16.8. The molecule has 0 spiro atoms. The molecule has 2 fully saturated rings. The van der Waals surface area contributed by atoms with E-state index >= 15 is 0 Å². The fourth-order valence-electron chi connectivity index (χ4n) is 4.27. The largest absolute Gasteiger partial charge is 0.310 e. The number of aromatic nitrogens is 1. The summed E-state index contributed by atoms with van der Waals surface area (Å²) in [7, 11) is 0. The molecule has 1 aromatic heterocycles. The standard InChI is InChI=1S/C23H30N4O/c1-2-22(28)27(21-8-12-24-13-9-21)19-23(10-11-23)26-16-14-25(15-17-26)18-20-6-4-3-5-7-20/h3-9,12-13H,2,10-11,14-19H2,1H3. The zero-order valence-electron chi connectivity index (χ0n) is 16.8. The molecular formula is C23H30N4O. The summed E-state index contributed by atoms with van der Waals surface area (Å²) in [6.07, 6.45) is 6.44. The lowest BCUT2D eigenvalue weighted by atomic mass is 10.1. The Bertz CT molecular complexity index is 768.